The van der Waals surface area contributed by atoms with Crippen LogP contribution < -0.4 is 0 Å². The van der Waals surface area contributed by atoms with Crippen LogP contribution in [0.5, 0.6) is 0 Å². The summed E-state index contributed by atoms with van der Waals surface area (Å²) in [6.45, 7) is 81.1. The van der Waals surface area contributed by atoms with E-state index in [4.69, 9.17) is 0 Å². The molecular weight excluding hydrogens is 1400 g/mol. The molecule has 690 valence electrons. The first-order chi connectivity index (χ1) is 55.7. The van der Waals surface area contributed by atoms with Crippen molar-refractivity contribution in [3.05, 3.63) is 59.7 Å². The summed E-state index contributed by atoms with van der Waals surface area (Å²) in [5.41, 5.74) is 6.65. The maximum atomic E-state index is 10.8. The summed E-state index contributed by atoms with van der Waals surface area (Å²) in [5, 5.41) is 0. The first-order valence-electron chi connectivity index (χ1n) is 53.4. The van der Waals surface area contributed by atoms with E-state index < -0.39 is 0 Å². The van der Waals surface area contributed by atoms with Crippen molar-refractivity contribution in [3.8, 4) is 11.1 Å². The van der Waals surface area contributed by atoms with Crippen molar-refractivity contribution in [2.75, 3.05) is 0 Å². The van der Waals surface area contributed by atoms with E-state index in [1.54, 1.807) is 167 Å². The summed E-state index contributed by atoms with van der Waals surface area (Å²) in [7, 11) is 0. The van der Waals surface area contributed by atoms with Crippen LogP contribution in [0.25, 0.3) is 11.1 Å². The molecule has 0 heterocycles. The average Bonchev–Trinajstić information content (AvgIpc) is 0.947. The Kier molecular flexibility index (Phi) is 77.4. The van der Waals surface area contributed by atoms with Gasteiger partial charge in [-0.05, 0) is 248 Å². The van der Waals surface area contributed by atoms with E-state index in [0.717, 1.165) is 124 Å². The van der Waals surface area contributed by atoms with E-state index >= 15 is 0 Å². The minimum Gasteiger partial charge on any atom is -0.299 e. The van der Waals surface area contributed by atoms with Crippen LogP contribution in [0.4, 0.5) is 0 Å². The standard InChI is InChI=1S/C16H16.C13H22.C13H24.C9H18.2C8H14.C7H10O.C7H12.4C4H10.9C2H6/c1-11(2)16-14-9-5-3-7-12(14)13-8-4-6-10-15(13)16;1-9(2)13-6-10-3-11(7-13)5-12(4-10)8-13;1-10(2)12-8-7-11-5-3-4-6-13(11)9-12;1-8(2)9-6-4-3-5-7-9;1-2-8-5-3-7(1)4-6-8;1-2-7-4-5-8(3-1)6-7;8-7-4-5-1-2-6(7)3-5;1-2-7-4-3-6(1)5-7;4*1-4(2)3;9*1-2/h3-11,16H,1-2H3;9-12H,3-8H2,1-2H3;10-13H,3-9H2,1-2H3;8-9H,3-7H2,1-2H3;2*7-8H,1-6H2;5-6H,1-4H2;6-7H,1-5H2;4*4H,1-3H3;9*1-2H3. The highest BCUT2D eigenvalue weighted by atomic mass is 16.1. The third-order valence-electron chi connectivity index (χ3n) is 26.9. The SMILES string of the molecule is C1CC2CCC(C1)C2.C1CC2CCC1C2.C1CC2CCC1CC2.CC.CC.CC.CC.CC.CC.CC.CC.CC.CC(C)C.CC(C)C.CC(C)C.CC(C)C.CC(C)C12CC3CC(CC(C3)C1)C2.CC(C)C1CCC2CCCCC2C1.CC(C)C1CCCCC1.CC(C)C1c2ccccc2-c2ccccc21.O=C1CC2CCC1C2. The summed E-state index contributed by atoms with van der Waals surface area (Å²) in [4.78, 5) is 10.8. The maximum Gasteiger partial charge on any atom is 0.136 e. The van der Waals surface area contributed by atoms with E-state index in [2.05, 4.69) is 187 Å². The van der Waals surface area contributed by atoms with Crippen LogP contribution in [0.3, 0.4) is 0 Å². The van der Waals surface area contributed by atoms with Gasteiger partial charge >= 0.3 is 0 Å². The number of benzene rings is 2. The first-order valence-corrected chi connectivity index (χ1v) is 53.4. The summed E-state index contributed by atoms with van der Waals surface area (Å²) in [5.74, 6) is 23.9. The molecule has 19 rings (SSSR count). The minimum absolute atomic E-state index is 0.500. The quantitative estimate of drug-likeness (QED) is 0.298. The number of carbonyl (C=O) groups excluding carboxylic acids is 1. The lowest BCUT2D eigenvalue weighted by Crippen LogP contribution is -2.48. The van der Waals surface area contributed by atoms with E-state index in [0.29, 0.717) is 23.5 Å². The van der Waals surface area contributed by atoms with Gasteiger partial charge in [-0.3, -0.25) is 4.79 Å². The van der Waals surface area contributed by atoms with E-state index in [9.17, 15) is 4.79 Å². The fourth-order valence-corrected chi connectivity index (χ4v) is 22.0. The molecule has 12 bridgehead atoms. The number of carbonyl (C=O) groups is 1. The number of rotatable bonds is 4. The lowest BCUT2D eigenvalue weighted by molar-refractivity contribution is -0.121. The zero-order chi connectivity index (χ0) is 89.5. The molecule has 116 heavy (non-hydrogen) atoms. The number of fused-ring (bicyclic) bond motifs is 13. The lowest BCUT2D eigenvalue weighted by Gasteiger charge is -2.58. The Morgan fingerprint density at radius 2 is 0.560 bits per heavy atom. The third-order valence-corrected chi connectivity index (χ3v) is 26.9. The van der Waals surface area contributed by atoms with Crippen LogP contribution >= 0.6 is 0 Å². The fraction of sp³-hybridized carbons (Fsp3) is 0.887. The molecule has 17 aliphatic rings. The molecular formula is C115H224O. The minimum atomic E-state index is 0.500. The monoisotopic (exact) mass is 1620 g/mol. The second kappa shape index (κ2) is 74.5. The second-order valence-corrected chi connectivity index (χ2v) is 40.6. The molecule has 0 saturated heterocycles. The normalized spacial score (nSPS) is 28.0. The van der Waals surface area contributed by atoms with E-state index in [1.165, 1.54) is 111 Å². The van der Waals surface area contributed by atoms with E-state index in [-0.39, 0.29) is 0 Å². The summed E-state index contributed by atoms with van der Waals surface area (Å²) >= 11 is 0. The van der Waals surface area contributed by atoms with Crippen molar-refractivity contribution in [1.29, 1.82) is 0 Å². The van der Waals surface area contributed by atoms with Gasteiger partial charge in [0.25, 0.3) is 0 Å². The zero-order valence-electron chi connectivity index (χ0n) is 87.5. The Morgan fingerprint density at radius 1 is 0.259 bits per heavy atom. The van der Waals surface area contributed by atoms with Crippen molar-refractivity contribution in [2.24, 2.45) is 142 Å². The molecule has 0 amide bonds. The Morgan fingerprint density at radius 3 is 0.819 bits per heavy atom. The van der Waals surface area contributed by atoms with E-state index in [1.807, 2.05) is 125 Å². The summed E-state index contributed by atoms with van der Waals surface area (Å²) in [6, 6.07) is 17.6. The molecule has 0 spiro atoms. The molecule has 7 atom stereocenters. The van der Waals surface area contributed by atoms with Crippen molar-refractivity contribution >= 4 is 5.78 Å². The number of hydrogen-bond acceptors (Lipinski definition) is 1. The van der Waals surface area contributed by atoms with Gasteiger partial charge in [0.15, 0.2) is 0 Å². The molecule has 0 aromatic heterocycles. The van der Waals surface area contributed by atoms with Crippen molar-refractivity contribution in [1.82, 2.24) is 0 Å². The van der Waals surface area contributed by atoms with Gasteiger partial charge in [-0.25, -0.2) is 0 Å². The average molecular weight is 1620 g/mol. The fourth-order valence-electron chi connectivity index (χ4n) is 22.0. The lowest BCUT2D eigenvalue weighted by atomic mass is 9.47. The highest BCUT2D eigenvalue weighted by molar-refractivity contribution is 5.84. The zero-order valence-corrected chi connectivity index (χ0v) is 87.5. The molecule has 1 nitrogen and oxygen atoms in total. The molecule has 0 radical (unpaired) electrons. The van der Waals surface area contributed by atoms with Crippen LogP contribution in [0.15, 0.2) is 48.5 Å². The molecule has 16 saturated carbocycles. The van der Waals surface area contributed by atoms with Gasteiger partial charge in [0.2, 0.25) is 0 Å². The predicted molar refractivity (Wildman–Crippen MR) is 537 cm³/mol. The van der Waals surface area contributed by atoms with Crippen LogP contribution in [0, 0.1) is 142 Å². The van der Waals surface area contributed by atoms with Gasteiger partial charge in [0.05, 0.1) is 0 Å². The smallest absolute Gasteiger partial charge is 0.136 e. The second-order valence-electron chi connectivity index (χ2n) is 40.6. The topological polar surface area (TPSA) is 17.1 Å². The predicted octanol–water partition coefficient (Wildman–Crippen LogP) is 40.4. The highest BCUT2D eigenvalue weighted by Gasteiger charge is 2.52. The summed E-state index contributed by atoms with van der Waals surface area (Å²) in [6.07, 6.45) is 58.9. The molecule has 1 heteroatoms. The first kappa shape index (κ1) is 120. The maximum absolute atomic E-state index is 10.8. The van der Waals surface area contributed by atoms with Crippen LogP contribution in [0.2, 0.25) is 0 Å². The Balaban J connectivity index is -0.000000591. The largest absolute Gasteiger partial charge is 0.299 e. The Labute approximate surface area is 737 Å². The third kappa shape index (κ3) is 50.2. The molecule has 16 fully saturated rings. The van der Waals surface area contributed by atoms with Crippen molar-refractivity contribution < 1.29 is 4.79 Å². The van der Waals surface area contributed by atoms with Crippen molar-refractivity contribution in [3.63, 3.8) is 0 Å². The van der Waals surface area contributed by atoms with Gasteiger partial charge in [-0.15, -0.1) is 0 Å². The van der Waals surface area contributed by atoms with Gasteiger partial charge in [0, 0.05) is 18.3 Å². The molecule has 0 aliphatic heterocycles. The summed E-state index contributed by atoms with van der Waals surface area (Å²) < 4.78 is 0. The Bertz CT molecular complexity index is 2210. The highest BCUT2D eigenvalue weighted by Crippen LogP contribution is 2.63. The van der Waals surface area contributed by atoms with Gasteiger partial charge in [0.1, 0.15) is 5.78 Å². The number of Topliss-reactive ketones (excluding diaryl/α,β-unsaturated/α-hetero) is 1. The molecule has 2 aromatic carbocycles. The number of ketones is 1. The van der Waals surface area contributed by atoms with Crippen molar-refractivity contribution in [2.45, 2.75) is 519 Å². The van der Waals surface area contributed by atoms with Gasteiger partial charge < -0.3 is 0 Å². The van der Waals surface area contributed by atoms with Crippen LogP contribution in [-0.2, 0) is 4.79 Å². The number of hydrogen-bond donors (Lipinski definition) is 0. The van der Waals surface area contributed by atoms with Gasteiger partial charge in [-0.1, -0.05) is 466 Å². The molecule has 17 aliphatic carbocycles. The Hall–Kier alpha value is -1.89. The molecule has 7 unspecified atom stereocenters. The van der Waals surface area contributed by atoms with Gasteiger partial charge in [-0.2, -0.15) is 0 Å². The molecule has 0 N–H and O–H groups in total. The van der Waals surface area contributed by atoms with Crippen LogP contribution in [0.1, 0.15) is 531 Å². The molecule has 2 aromatic rings. The van der Waals surface area contributed by atoms with Crippen LogP contribution in [-0.4, -0.2) is 5.78 Å².